The third kappa shape index (κ3) is 2.92. The van der Waals surface area contributed by atoms with E-state index in [4.69, 9.17) is 11.2 Å². The number of hydrogen-bond acceptors (Lipinski definition) is 4. The highest BCUT2D eigenvalue weighted by Gasteiger charge is 2.17. The van der Waals surface area contributed by atoms with E-state index in [9.17, 15) is 4.79 Å². The van der Waals surface area contributed by atoms with Crippen LogP contribution in [0.25, 0.3) is 0 Å². The molecule has 0 fully saturated rings. The van der Waals surface area contributed by atoms with E-state index in [0.717, 1.165) is 5.56 Å². The average Bonchev–Trinajstić information content (AvgIpc) is 2.98. The topological polar surface area (TPSA) is 42.4 Å². The maximum absolute atomic E-state index is 12.1. The van der Waals surface area contributed by atoms with E-state index in [1.807, 2.05) is 24.3 Å². The number of thiazole rings is 1. The Kier molecular flexibility index (Phi) is 4.16. The van der Waals surface area contributed by atoms with Gasteiger partial charge in [-0.25, -0.2) is 4.98 Å². The average molecular weight is 272 g/mol. The zero-order valence-corrected chi connectivity index (χ0v) is 11.2. The van der Waals surface area contributed by atoms with Gasteiger partial charge in [-0.05, 0) is 6.07 Å². The molecule has 0 bridgehead atoms. The van der Waals surface area contributed by atoms with E-state index in [1.54, 1.807) is 18.0 Å². The van der Waals surface area contributed by atoms with Crippen LogP contribution in [0.1, 0.15) is 16.1 Å². The number of hydrogen-bond donors (Lipinski definition) is 0. The predicted molar refractivity (Wildman–Crippen MR) is 73.8 cm³/mol. The summed E-state index contributed by atoms with van der Waals surface area (Å²) >= 11 is 1.36. The normalized spacial score (nSPS) is 9.68. The molecule has 0 spiro atoms. The molecule has 96 valence electrons. The van der Waals surface area contributed by atoms with Crippen LogP contribution in [0.15, 0.2) is 35.2 Å². The molecule has 1 aromatic heterocycles. The number of nitrogens with zero attached hydrogens (tertiary/aromatic N) is 2. The molecule has 0 atom stereocenters. The first-order chi connectivity index (χ1) is 9.26. The summed E-state index contributed by atoms with van der Waals surface area (Å²) in [5, 5.41) is 1.68. The quantitative estimate of drug-likeness (QED) is 0.634. The number of aromatic nitrogens is 1. The van der Waals surface area contributed by atoms with Gasteiger partial charge in [-0.15, -0.1) is 11.3 Å². The molecular formula is C14H12N2O2S. The zero-order valence-electron chi connectivity index (χ0n) is 10.4. The number of carbonyl (C=O) groups is 1. The number of methoxy groups -OCH3 is 1. The van der Waals surface area contributed by atoms with Crippen LogP contribution in [0.3, 0.4) is 0 Å². The van der Waals surface area contributed by atoms with Crippen molar-refractivity contribution in [3.05, 3.63) is 46.4 Å². The predicted octanol–water partition coefficient (Wildman–Crippen LogP) is 2.38. The van der Waals surface area contributed by atoms with Crippen LogP contribution in [0.5, 0.6) is 5.75 Å². The second-order valence-electron chi connectivity index (χ2n) is 3.71. The summed E-state index contributed by atoms with van der Waals surface area (Å²) in [5.74, 6) is 0.420. The van der Waals surface area contributed by atoms with E-state index in [2.05, 4.69) is 11.0 Å². The third-order valence-electron chi connectivity index (χ3n) is 2.57. The van der Waals surface area contributed by atoms with Crippen molar-refractivity contribution in [2.24, 2.45) is 0 Å². The van der Waals surface area contributed by atoms with Gasteiger partial charge >= 0.3 is 0 Å². The van der Waals surface area contributed by atoms with Crippen molar-refractivity contribution in [3.8, 4) is 18.2 Å². The summed E-state index contributed by atoms with van der Waals surface area (Å²) in [7, 11) is 1.58. The zero-order chi connectivity index (χ0) is 13.7. The second kappa shape index (κ2) is 6.03. The lowest BCUT2D eigenvalue weighted by Gasteiger charge is -2.16. The highest BCUT2D eigenvalue weighted by Crippen LogP contribution is 2.19. The van der Waals surface area contributed by atoms with Crippen molar-refractivity contribution < 1.29 is 9.53 Å². The largest absolute Gasteiger partial charge is 0.496 e. The highest BCUT2D eigenvalue weighted by molar-refractivity contribution is 7.07. The lowest BCUT2D eigenvalue weighted by Crippen LogP contribution is -2.26. The van der Waals surface area contributed by atoms with Crippen LogP contribution in [0.4, 0.5) is 0 Å². The molecule has 0 saturated heterocycles. The summed E-state index contributed by atoms with van der Waals surface area (Å²) in [5.41, 5.74) is 2.81. The molecule has 1 aromatic carbocycles. The summed E-state index contributed by atoms with van der Waals surface area (Å²) in [6.45, 7) is 0.289. The first kappa shape index (κ1) is 13.1. The van der Waals surface area contributed by atoms with Gasteiger partial charge in [-0.3, -0.25) is 9.69 Å². The van der Waals surface area contributed by atoms with Gasteiger partial charge in [-0.1, -0.05) is 24.6 Å². The van der Waals surface area contributed by atoms with E-state index in [0.29, 0.717) is 11.4 Å². The van der Waals surface area contributed by atoms with Crippen LogP contribution in [-0.2, 0) is 6.54 Å². The Labute approximate surface area is 115 Å². The second-order valence-corrected chi connectivity index (χ2v) is 4.42. The van der Waals surface area contributed by atoms with Crippen molar-refractivity contribution in [1.82, 2.24) is 9.88 Å². The molecule has 0 aliphatic carbocycles. The van der Waals surface area contributed by atoms with E-state index >= 15 is 0 Å². The first-order valence-corrected chi connectivity index (χ1v) is 6.48. The van der Waals surface area contributed by atoms with Crippen molar-refractivity contribution in [3.63, 3.8) is 0 Å². The SMILES string of the molecule is C#CN(Cc1ccccc1OC)C(=O)c1cscn1. The van der Waals surface area contributed by atoms with Gasteiger partial charge in [0.25, 0.3) is 5.91 Å². The van der Waals surface area contributed by atoms with Gasteiger partial charge in [0, 0.05) is 17.0 Å². The minimum atomic E-state index is -0.283. The maximum Gasteiger partial charge on any atom is 0.285 e. The smallest absolute Gasteiger partial charge is 0.285 e. The van der Waals surface area contributed by atoms with E-state index in [1.165, 1.54) is 16.2 Å². The molecule has 2 rings (SSSR count). The Morgan fingerprint density at radius 2 is 2.32 bits per heavy atom. The molecule has 0 radical (unpaired) electrons. The first-order valence-electron chi connectivity index (χ1n) is 5.54. The number of carbonyl (C=O) groups excluding carboxylic acids is 1. The number of para-hydroxylation sites is 1. The Morgan fingerprint density at radius 3 is 2.95 bits per heavy atom. The highest BCUT2D eigenvalue weighted by atomic mass is 32.1. The van der Waals surface area contributed by atoms with Crippen molar-refractivity contribution >= 4 is 17.2 Å². The minimum Gasteiger partial charge on any atom is -0.496 e. The van der Waals surface area contributed by atoms with Gasteiger partial charge in [0.15, 0.2) is 0 Å². The number of amides is 1. The standard InChI is InChI=1S/C14H12N2O2S/c1-3-16(14(17)12-9-19-10-15-12)8-11-6-4-5-7-13(11)18-2/h1,4-7,9-10H,8H2,2H3. The molecule has 0 aliphatic heterocycles. The summed E-state index contributed by atoms with van der Waals surface area (Å²) in [4.78, 5) is 17.4. The summed E-state index contributed by atoms with van der Waals surface area (Å²) in [6, 6.07) is 9.83. The molecule has 4 nitrogen and oxygen atoms in total. The minimum absolute atomic E-state index is 0.283. The molecule has 5 heteroatoms. The third-order valence-corrected chi connectivity index (χ3v) is 3.16. The lowest BCUT2D eigenvalue weighted by atomic mass is 10.2. The fourth-order valence-corrected chi connectivity index (χ4v) is 2.16. The van der Waals surface area contributed by atoms with E-state index < -0.39 is 0 Å². The Bertz CT molecular complexity index is 602. The van der Waals surface area contributed by atoms with Gasteiger partial charge in [0.1, 0.15) is 11.4 Å². The summed E-state index contributed by atoms with van der Waals surface area (Å²) in [6.07, 6.45) is 5.41. The van der Waals surface area contributed by atoms with Gasteiger partial charge in [0.2, 0.25) is 0 Å². The van der Waals surface area contributed by atoms with Crippen molar-refractivity contribution in [1.29, 1.82) is 0 Å². The van der Waals surface area contributed by atoms with Gasteiger partial charge in [0.05, 0.1) is 19.2 Å². The fourth-order valence-electron chi connectivity index (χ4n) is 1.64. The van der Waals surface area contributed by atoms with Gasteiger partial charge < -0.3 is 4.74 Å². The molecule has 0 saturated carbocycles. The van der Waals surface area contributed by atoms with Crippen LogP contribution in [0, 0.1) is 12.5 Å². The number of terminal acetylenes is 1. The van der Waals surface area contributed by atoms with Crippen LogP contribution >= 0.6 is 11.3 Å². The molecule has 0 N–H and O–H groups in total. The van der Waals surface area contributed by atoms with Crippen LogP contribution < -0.4 is 4.74 Å². The van der Waals surface area contributed by atoms with Crippen LogP contribution in [-0.4, -0.2) is 22.9 Å². The van der Waals surface area contributed by atoms with Crippen molar-refractivity contribution in [2.45, 2.75) is 6.54 Å². The molecule has 1 amide bonds. The Morgan fingerprint density at radius 1 is 1.53 bits per heavy atom. The van der Waals surface area contributed by atoms with Crippen LogP contribution in [0.2, 0.25) is 0 Å². The lowest BCUT2D eigenvalue weighted by molar-refractivity contribution is 0.0821. The Hall–Kier alpha value is -2.32. The summed E-state index contributed by atoms with van der Waals surface area (Å²) < 4.78 is 5.24. The fraction of sp³-hybridized carbons (Fsp3) is 0.143. The van der Waals surface area contributed by atoms with Crippen molar-refractivity contribution in [2.75, 3.05) is 7.11 Å². The molecule has 1 heterocycles. The van der Waals surface area contributed by atoms with Gasteiger partial charge in [-0.2, -0.15) is 0 Å². The number of rotatable bonds is 4. The number of ether oxygens (including phenoxy) is 1. The molecule has 0 unspecified atom stereocenters. The molecular weight excluding hydrogens is 260 g/mol. The molecule has 19 heavy (non-hydrogen) atoms. The number of benzene rings is 1. The molecule has 2 aromatic rings. The molecule has 0 aliphatic rings. The maximum atomic E-state index is 12.1. The Balaban J connectivity index is 2.20. The monoisotopic (exact) mass is 272 g/mol. The van der Waals surface area contributed by atoms with E-state index in [-0.39, 0.29) is 12.5 Å².